The van der Waals surface area contributed by atoms with Crippen molar-refractivity contribution < 1.29 is 18.3 Å². The van der Waals surface area contributed by atoms with Gasteiger partial charge in [-0.25, -0.2) is 0 Å². The van der Waals surface area contributed by atoms with E-state index < -0.39 is 11.8 Å². The van der Waals surface area contributed by atoms with Crippen LogP contribution in [0.2, 0.25) is 0 Å². The largest absolute Gasteiger partial charge is 0.383 e. The van der Waals surface area contributed by atoms with Crippen LogP contribution >= 0.6 is 0 Å². The molecule has 0 aliphatic carbocycles. The van der Waals surface area contributed by atoms with E-state index in [1.165, 1.54) is 7.11 Å². The number of rotatable bonds is 4. The van der Waals surface area contributed by atoms with Gasteiger partial charge >= 0.3 is 5.92 Å². The first kappa shape index (κ1) is 10.3. The number of amides is 1. The van der Waals surface area contributed by atoms with Crippen molar-refractivity contribution in [2.45, 2.75) is 12.8 Å². The average Bonchev–Trinajstić information content (AvgIpc) is 1.86. The predicted molar refractivity (Wildman–Crippen MR) is 35.5 cm³/mol. The van der Waals surface area contributed by atoms with Crippen molar-refractivity contribution in [1.29, 1.82) is 0 Å². The van der Waals surface area contributed by atoms with Gasteiger partial charge in [-0.05, 0) is 0 Å². The molecule has 0 aliphatic rings. The maximum atomic E-state index is 12.1. The Labute approximate surface area is 63.7 Å². The number of nitrogens with one attached hydrogen (secondary N) is 1. The Hall–Kier alpha value is -0.710. The van der Waals surface area contributed by atoms with Crippen LogP contribution in [0.4, 0.5) is 8.78 Å². The van der Waals surface area contributed by atoms with Gasteiger partial charge in [0.1, 0.15) is 0 Å². The third-order valence-electron chi connectivity index (χ3n) is 0.990. The topological polar surface area (TPSA) is 38.3 Å². The van der Waals surface area contributed by atoms with Crippen LogP contribution in [0.1, 0.15) is 6.92 Å². The molecule has 0 saturated heterocycles. The molecule has 66 valence electrons. The van der Waals surface area contributed by atoms with Gasteiger partial charge in [0.25, 0.3) is 5.91 Å². The number of methoxy groups -OCH3 is 1. The normalized spacial score (nSPS) is 11.3. The summed E-state index contributed by atoms with van der Waals surface area (Å²) in [6, 6.07) is 0. The molecular weight excluding hydrogens is 156 g/mol. The van der Waals surface area contributed by atoms with Gasteiger partial charge in [0.2, 0.25) is 0 Å². The van der Waals surface area contributed by atoms with Gasteiger partial charge < -0.3 is 10.1 Å². The van der Waals surface area contributed by atoms with Crippen LogP contribution in [0, 0.1) is 0 Å². The molecule has 5 heteroatoms. The van der Waals surface area contributed by atoms with E-state index in [2.05, 4.69) is 4.74 Å². The lowest BCUT2D eigenvalue weighted by molar-refractivity contribution is -0.143. The third-order valence-corrected chi connectivity index (χ3v) is 0.990. The van der Waals surface area contributed by atoms with E-state index in [4.69, 9.17) is 0 Å². The Morgan fingerprint density at radius 3 is 2.55 bits per heavy atom. The molecule has 11 heavy (non-hydrogen) atoms. The molecule has 0 unspecified atom stereocenters. The van der Waals surface area contributed by atoms with E-state index in [9.17, 15) is 13.6 Å². The fraction of sp³-hybridized carbons (Fsp3) is 0.833. The summed E-state index contributed by atoms with van der Waals surface area (Å²) < 4.78 is 28.7. The quantitative estimate of drug-likeness (QED) is 0.615. The summed E-state index contributed by atoms with van der Waals surface area (Å²) in [6.45, 7) is 0.899. The molecule has 0 aliphatic heterocycles. The Morgan fingerprint density at radius 2 is 2.18 bits per heavy atom. The van der Waals surface area contributed by atoms with Crippen molar-refractivity contribution in [1.82, 2.24) is 5.32 Å². The highest BCUT2D eigenvalue weighted by atomic mass is 19.3. The number of carbonyl (C=O) groups is 1. The molecule has 0 fully saturated rings. The second-order valence-corrected chi connectivity index (χ2v) is 2.14. The molecule has 0 atom stereocenters. The van der Waals surface area contributed by atoms with Crippen molar-refractivity contribution >= 4 is 5.91 Å². The van der Waals surface area contributed by atoms with Crippen LogP contribution in [0.5, 0.6) is 0 Å². The molecule has 0 radical (unpaired) electrons. The average molecular weight is 167 g/mol. The molecule has 0 bridgehead atoms. The van der Waals surface area contributed by atoms with E-state index in [0.29, 0.717) is 6.92 Å². The van der Waals surface area contributed by atoms with Gasteiger partial charge in [-0.1, -0.05) is 0 Å². The summed E-state index contributed by atoms with van der Waals surface area (Å²) in [7, 11) is 1.43. The van der Waals surface area contributed by atoms with Gasteiger partial charge in [0.15, 0.2) is 0 Å². The third kappa shape index (κ3) is 4.66. The first-order chi connectivity index (χ1) is 4.98. The zero-order chi connectivity index (χ0) is 8.91. The smallest absolute Gasteiger partial charge is 0.321 e. The van der Waals surface area contributed by atoms with E-state index in [-0.39, 0.29) is 13.2 Å². The Bertz CT molecular complexity index is 133. The summed E-state index contributed by atoms with van der Waals surface area (Å²) in [6.07, 6.45) is 0. The molecule has 1 N–H and O–H groups in total. The lowest BCUT2D eigenvalue weighted by Gasteiger charge is -2.09. The predicted octanol–water partition coefficient (Wildman–Crippen LogP) is 0.404. The van der Waals surface area contributed by atoms with Gasteiger partial charge in [0.05, 0.1) is 6.61 Å². The molecule has 0 heterocycles. The standard InChI is InChI=1S/C6H11F2NO2/c1-6(7,8)5(10)9-3-4-11-2/h3-4H2,1-2H3,(H,9,10). The van der Waals surface area contributed by atoms with Gasteiger partial charge in [-0.3, -0.25) is 4.79 Å². The highest BCUT2D eigenvalue weighted by Crippen LogP contribution is 2.10. The molecule has 3 nitrogen and oxygen atoms in total. The fourth-order valence-corrected chi connectivity index (χ4v) is 0.422. The Balaban J connectivity index is 3.54. The zero-order valence-electron chi connectivity index (χ0n) is 6.49. The van der Waals surface area contributed by atoms with E-state index in [1.807, 2.05) is 5.32 Å². The summed E-state index contributed by atoms with van der Waals surface area (Å²) >= 11 is 0. The van der Waals surface area contributed by atoms with Crippen molar-refractivity contribution in [3.8, 4) is 0 Å². The number of carbonyl (C=O) groups excluding carboxylic acids is 1. The van der Waals surface area contributed by atoms with Crippen LogP contribution in [-0.4, -0.2) is 32.1 Å². The Kier molecular flexibility index (Phi) is 3.95. The van der Waals surface area contributed by atoms with Crippen LogP contribution in [0.25, 0.3) is 0 Å². The lowest BCUT2D eigenvalue weighted by Crippen LogP contribution is -2.39. The molecule has 0 saturated carbocycles. The molecular formula is C6H11F2NO2. The second kappa shape index (κ2) is 4.23. The van der Waals surface area contributed by atoms with Crippen LogP contribution in [0.15, 0.2) is 0 Å². The Morgan fingerprint density at radius 1 is 1.64 bits per heavy atom. The van der Waals surface area contributed by atoms with E-state index in [0.717, 1.165) is 0 Å². The van der Waals surface area contributed by atoms with Crippen LogP contribution in [0.3, 0.4) is 0 Å². The van der Waals surface area contributed by atoms with Gasteiger partial charge in [0, 0.05) is 20.6 Å². The first-order valence-corrected chi connectivity index (χ1v) is 3.13. The van der Waals surface area contributed by atoms with Crippen LogP contribution in [-0.2, 0) is 9.53 Å². The van der Waals surface area contributed by atoms with Crippen molar-refractivity contribution in [3.05, 3.63) is 0 Å². The second-order valence-electron chi connectivity index (χ2n) is 2.14. The van der Waals surface area contributed by atoms with Crippen molar-refractivity contribution in [2.24, 2.45) is 0 Å². The molecule has 0 aromatic carbocycles. The minimum Gasteiger partial charge on any atom is -0.383 e. The fourth-order valence-electron chi connectivity index (χ4n) is 0.422. The van der Waals surface area contributed by atoms with E-state index in [1.54, 1.807) is 0 Å². The maximum absolute atomic E-state index is 12.1. The minimum absolute atomic E-state index is 0.110. The molecule has 0 aromatic heterocycles. The number of hydrogen-bond donors (Lipinski definition) is 1. The van der Waals surface area contributed by atoms with Gasteiger partial charge in [-0.15, -0.1) is 0 Å². The number of ether oxygens (including phenoxy) is 1. The highest BCUT2D eigenvalue weighted by Gasteiger charge is 2.31. The molecule has 1 amide bonds. The summed E-state index contributed by atoms with van der Waals surface area (Å²) in [5, 5.41) is 2.01. The van der Waals surface area contributed by atoms with Crippen molar-refractivity contribution in [2.75, 3.05) is 20.3 Å². The zero-order valence-corrected chi connectivity index (χ0v) is 6.49. The minimum atomic E-state index is -3.30. The number of hydrogen-bond acceptors (Lipinski definition) is 2. The number of halogens is 2. The van der Waals surface area contributed by atoms with Gasteiger partial charge in [-0.2, -0.15) is 8.78 Å². The van der Waals surface area contributed by atoms with Crippen LogP contribution < -0.4 is 5.32 Å². The first-order valence-electron chi connectivity index (χ1n) is 3.13. The summed E-state index contributed by atoms with van der Waals surface area (Å²) in [5.74, 6) is -4.57. The molecule has 0 aromatic rings. The monoisotopic (exact) mass is 167 g/mol. The summed E-state index contributed by atoms with van der Waals surface area (Å²) in [5.41, 5.74) is 0. The van der Waals surface area contributed by atoms with Crippen molar-refractivity contribution in [3.63, 3.8) is 0 Å². The summed E-state index contributed by atoms with van der Waals surface area (Å²) in [4.78, 5) is 10.4. The lowest BCUT2D eigenvalue weighted by atomic mass is 10.3. The van der Waals surface area contributed by atoms with E-state index >= 15 is 0 Å². The molecule has 0 rings (SSSR count). The molecule has 0 spiro atoms. The maximum Gasteiger partial charge on any atom is 0.321 e. The number of alkyl halides is 2. The highest BCUT2D eigenvalue weighted by molar-refractivity contribution is 5.82. The SMILES string of the molecule is COCCNC(=O)C(C)(F)F.